The first-order valence-corrected chi connectivity index (χ1v) is 8.27. The van der Waals surface area contributed by atoms with Crippen molar-refractivity contribution in [1.29, 1.82) is 0 Å². The van der Waals surface area contributed by atoms with E-state index in [0.29, 0.717) is 24.1 Å². The summed E-state index contributed by atoms with van der Waals surface area (Å²) in [6.07, 6.45) is 2.87. The highest BCUT2D eigenvalue weighted by Gasteiger charge is 2.30. The fraction of sp³-hybridized carbons (Fsp3) is 0.588. The molecule has 6 nitrogen and oxygen atoms in total. The van der Waals surface area contributed by atoms with Gasteiger partial charge in [-0.1, -0.05) is 19.0 Å². The molecule has 2 unspecified atom stereocenters. The zero-order valence-corrected chi connectivity index (χ0v) is 13.9. The maximum absolute atomic E-state index is 12.5. The van der Waals surface area contributed by atoms with Gasteiger partial charge in [-0.15, -0.1) is 0 Å². The maximum atomic E-state index is 12.5. The highest BCUT2D eigenvalue weighted by Crippen LogP contribution is 2.28. The largest absolute Gasteiger partial charge is 0.456 e. The monoisotopic (exact) mass is 317 g/mol. The summed E-state index contributed by atoms with van der Waals surface area (Å²) in [5.41, 5.74) is 0. The van der Waals surface area contributed by atoms with Crippen LogP contribution in [0.4, 0.5) is 0 Å². The summed E-state index contributed by atoms with van der Waals surface area (Å²) in [5, 5.41) is 4.09. The van der Waals surface area contributed by atoms with Crippen LogP contribution in [0.3, 0.4) is 0 Å². The van der Waals surface area contributed by atoms with Crippen LogP contribution < -0.4 is 0 Å². The van der Waals surface area contributed by atoms with Crippen LogP contribution >= 0.6 is 0 Å². The number of likely N-dealkylation sites (tertiary alicyclic amines) is 1. The molecule has 0 saturated carbocycles. The van der Waals surface area contributed by atoms with Crippen molar-refractivity contribution in [3.63, 3.8) is 0 Å². The van der Waals surface area contributed by atoms with E-state index in [4.69, 9.17) is 8.94 Å². The minimum absolute atomic E-state index is 0.0653. The van der Waals surface area contributed by atoms with E-state index in [2.05, 4.69) is 24.0 Å². The third-order valence-electron chi connectivity index (χ3n) is 4.52. The molecule has 1 fully saturated rings. The third-order valence-corrected chi connectivity index (χ3v) is 4.52. The van der Waals surface area contributed by atoms with Crippen molar-refractivity contribution in [1.82, 2.24) is 15.0 Å². The van der Waals surface area contributed by atoms with Crippen LogP contribution in [0.25, 0.3) is 0 Å². The Hall–Kier alpha value is -2.11. The molecule has 1 amide bonds. The lowest BCUT2D eigenvalue weighted by Gasteiger charge is -2.30. The van der Waals surface area contributed by atoms with Crippen LogP contribution in [0.5, 0.6) is 0 Å². The maximum Gasteiger partial charge on any atom is 0.289 e. The number of furan rings is 1. The van der Waals surface area contributed by atoms with E-state index in [1.165, 1.54) is 0 Å². The van der Waals surface area contributed by atoms with Gasteiger partial charge in [0.2, 0.25) is 5.89 Å². The summed E-state index contributed by atoms with van der Waals surface area (Å²) in [6, 6.07) is 3.54. The first-order valence-electron chi connectivity index (χ1n) is 8.27. The predicted molar refractivity (Wildman–Crippen MR) is 84.3 cm³/mol. The Morgan fingerprint density at radius 2 is 2.30 bits per heavy atom. The molecule has 1 aliphatic heterocycles. The number of piperidine rings is 1. The first kappa shape index (κ1) is 15.8. The van der Waals surface area contributed by atoms with Gasteiger partial charge in [0.25, 0.3) is 5.91 Å². The molecule has 2 aromatic heterocycles. The Kier molecular flexibility index (Phi) is 4.50. The lowest BCUT2D eigenvalue weighted by atomic mass is 9.97. The molecule has 0 N–H and O–H groups in total. The number of carbonyl (C=O) groups is 1. The minimum Gasteiger partial charge on any atom is -0.456 e. The van der Waals surface area contributed by atoms with Gasteiger partial charge in [-0.3, -0.25) is 4.79 Å². The van der Waals surface area contributed by atoms with Gasteiger partial charge >= 0.3 is 0 Å². The van der Waals surface area contributed by atoms with E-state index in [1.807, 2.05) is 17.9 Å². The molecule has 0 aromatic carbocycles. The molecule has 2 atom stereocenters. The fourth-order valence-electron chi connectivity index (χ4n) is 2.86. The summed E-state index contributed by atoms with van der Waals surface area (Å²) in [7, 11) is 0. The summed E-state index contributed by atoms with van der Waals surface area (Å²) < 4.78 is 10.9. The second kappa shape index (κ2) is 6.56. The number of amides is 1. The second-order valence-corrected chi connectivity index (χ2v) is 6.30. The lowest BCUT2D eigenvalue weighted by molar-refractivity contribution is 0.0662. The highest BCUT2D eigenvalue weighted by molar-refractivity contribution is 5.91. The number of hydrogen-bond donors (Lipinski definition) is 0. The van der Waals surface area contributed by atoms with Gasteiger partial charge in [-0.05, 0) is 38.3 Å². The van der Waals surface area contributed by atoms with Gasteiger partial charge in [-0.2, -0.15) is 4.98 Å². The molecule has 3 heterocycles. The van der Waals surface area contributed by atoms with Gasteiger partial charge < -0.3 is 13.8 Å². The zero-order chi connectivity index (χ0) is 16.4. The molecular weight excluding hydrogens is 294 g/mol. The van der Waals surface area contributed by atoms with Crippen molar-refractivity contribution in [2.24, 2.45) is 0 Å². The van der Waals surface area contributed by atoms with Gasteiger partial charge in [-0.25, -0.2) is 0 Å². The third kappa shape index (κ3) is 3.30. The topological polar surface area (TPSA) is 72.4 Å². The summed E-state index contributed by atoms with van der Waals surface area (Å²) in [5.74, 6) is 2.88. The summed E-state index contributed by atoms with van der Waals surface area (Å²) in [4.78, 5) is 18.9. The molecule has 124 valence electrons. The van der Waals surface area contributed by atoms with Crippen molar-refractivity contribution >= 4 is 5.91 Å². The Morgan fingerprint density at radius 3 is 3.00 bits per heavy atom. The van der Waals surface area contributed by atoms with E-state index in [0.717, 1.165) is 37.4 Å². The van der Waals surface area contributed by atoms with Crippen molar-refractivity contribution in [2.75, 3.05) is 13.1 Å². The molecule has 0 radical (unpaired) electrons. The zero-order valence-electron chi connectivity index (χ0n) is 13.9. The molecule has 1 aliphatic rings. The smallest absolute Gasteiger partial charge is 0.289 e. The number of nitrogens with zero attached hydrogens (tertiary/aromatic N) is 3. The van der Waals surface area contributed by atoms with E-state index in [-0.39, 0.29) is 11.8 Å². The summed E-state index contributed by atoms with van der Waals surface area (Å²) in [6.45, 7) is 7.37. The van der Waals surface area contributed by atoms with E-state index < -0.39 is 0 Å². The highest BCUT2D eigenvalue weighted by atomic mass is 16.5. The first-order chi connectivity index (χ1) is 11.1. The van der Waals surface area contributed by atoms with Gasteiger partial charge in [0.1, 0.15) is 5.76 Å². The Bertz CT molecular complexity index is 676. The molecule has 2 aromatic rings. The molecule has 0 spiro atoms. The van der Waals surface area contributed by atoms with E-state index in [9.17, 15) is 4.79 Å². The summed E-state index contributed by atoms with van der Waals surface area (Å²) >= 11 is 0. The Labute approximate surface area is 135 Å². The van der Waals surface area contributed by atoms with E-state index >= 15 is 0 Å². The average Bonchev–Trinajstić information content (AvgIpc) is 3.23. The minimum atomic E-state index is -0.0653. The average molecular weight is 317 g/mol. The number of carbonyl (C=O) groups excluding carboxylic acids is 1. The van der Waals surface area contributed by atoms with Crippen molar-refractivity contribution < 1.29 is 13.7 Å². The molecule has 0 aliphatic carbocycles. The SMILES string of the molecule is CCC(C)c1noc(C2CCCN(C(=O)c3ccc(C)o3)C2)n1. The molecule has 6 heteroatoms. The van der Waals surface area contributed by atoms with Crippen LogP contribution in [0.15, 0.2) is 21.1 Å². The Morgan fingerprint density at radius 1 is 1.48 bits per heavy atom. The van der Waals surface area contributed by atoms with Gasteiger partial charge in [0, 0.05) is 19.0 Å². The fourth-order valence-corrected chi connectivity index (χ4v) is 2.86. The number of aryl methyl sites for hydroxylation is 1. The van der Waals surface area contributed by atoms with Crippen LogP contribution in [-0.2, 0) is 0 Å². The predicted octanol–water partition coefficient (Wildman–Crippen LogP) is 3.50. The molecule has 3 rings (SSSR count). The standard InChI is InChI=1S/C17H23N3O3/c1-4-11(2)15-18-16(23-19-15)13-6-5-9-20(10-13)17(21)14-8-7-12(3)22-14/h7-8,11,13H,4-6,9-10H2,1-3H3. The van der Waals surface area contributed by atoms with Crippen molar-refractivity contribution in [3.8, 4) is 0 Å². The molecule has 1 saturated heterocycles. The van der Waals surface area contributed by atoms with Crippen LogP contribution in [-0.4, -0.2) is 34.0 Å². The van der Waals surface area contributed by atoms with Gasteiger partial charge in [0.05, 0.1) is 5.92 Å². The Balaban J connectivity index is 1.70. The lowest BCUT2D eigenvalue weighted by Crippen LogP contribution is -2.39. The van der Waals surface area contributed by atoms with E-state index in [1.54, 1.807) is 6.07 Å². The van der Waals surface area contributed by atoms with Crippen LogP contribution in [0.2, 0.25) is 0 Å². The number of rotatable bonds is 4. The normalized spacial score (nSPS) is 19.8. The molecule has 0 bridgehead atoms. The van der Waals surface area contributed by atoms with Crippen molar-refractivity contribution in [2.45, 2.75) is 51.9 Å². The van der Waals surface area contributed by atoms with Crippen LogP contribution in [0.1, 0.15) is 73.0 Å². The van der Waals surface area contributed by atoms with Crippen molar-refractivity contribution in [3.05, 3.63) is 35.4 Å². The number of hydrogen-bond acceptors (Lipinski definition) is 5. The molecular formula is C17H23N3O3. The second-order valence-electron chi connectivity index (χ2n) is 6.30. The number of aromatic nitrogens is 2. The molecule has 23 heavy (non-hydrogen) atoms. The quantitative estimate of drug-likeness (QED) is 0.863. The van der Waals surface area contributed by atoms with Gasteiger partial charge in [0.15, 0.2) is 11.6 Å². The van der Waals surface area contributed by atoms with Crippen LogP contribution in [0, 0.1) is 6.92 Å².